The van der Waals surface area contributed by atoms with E-state index in [-0.39, 0.29) is 11.3 Å². The lowest BCUT2D eigenvalue weighted by Gasteiger charge is -2.42. The highest BCUT2D eigenvalue weighted by molar-refractivity contribution is 5.91. The summed E-state index contributed by atoms with van der Waals surface area (Å²) in [5, 5.41) is 42.0. The Bertz CT molecular complexity index is 980. The highest BCUT2D eigenvalue weighted by atomic mass is 16.7. The fourth-order valence-corrected chi connectivity index (χ4v) is 3.54. The maximum absolute atomic E-state index is 11.7. The Hall–Kier alpha value is -3.18. The molecule has 10 heteroatoms. The third-order valence-electron chi connectivity index (χ3n) is 5.12. The summed E-state index contributed by atoms with van der Waals surface area (Å²) in [7, 11) is 1.45. The number of aliphatic hydroxyl groups is 3. The van der Waals surface area contributed by atoms with Gasteiger partial charge in [0, 0.05) is 18.1 Å². The van der Waals surface area contributed by atoms with Crippen molar-refractivity contribution in [2.24, 2.45) is 0 Å². The summed E-state index contributed by atoms with van der Waals surface area (Å²) in [5.74, 6) is -0.951. The quantitative estimate of drug-likeness (QED) is 0.405. The number of aromatic carboxylic acids is 1. The van der Waals surface area contributed by atoms with Gasteiger partial charge in [0.25, 0.3) is 0 Å². The van der Waals surface area contributed by atoms with Crippen LogP contribution in [0.5, 0.6) is 11.5 Å². The van der Waals surface area contributed by atoms with E-state index < -0.39 is 49.1 Å². The Morgan fingerprint density at radius 3 is 2.41 bits per heavy atom. The van der Waals surface area contributed by atoms with Crippen molar-refractivity contribution >= 4 is 11.9 Å². The number of hydrogen-bond donors (Lipinski definition) is 5. The van der Waals surface area contributed by atoms with Crippen molar-refractivity contribution in [1.29, 1.82) is 0 Å². The van der Waals surface area contributed by atoms with Crippen LogP contribution in [-0.4, -0.2) is 76.7 Å². The number of carbonyl (C=O) groups excluding carboxylic acids is 1. The fraction of sp³-hybridized carbons (Fsp3) is 0.364. The minimum Gasteiger partial charge on any atom is -0.496 e. The van der Waals surface area contributed by atoms with E-state index in [4.69, 9.17) is 14.2 Å². The van der Waals surface area contributed by atoms with Gasteiger partial charge in [0.15, 0.2) is 0 Å². The van der Waals surface area contributed by atoms with E-state index in [0.29, 0.717) is 16.9 Å². The van der Waals surface area contributed by atoms with Gasteiger partial charge in [0.2, 0.25) is 12.2 Å². The van der Waals surface area contributed by atoms with Crippen molar-refractivity contribution in [3.63, 3.8) is 0 Å². The van der Waals surface area contributed by atoms with Crippen molar-refractivity contribution in [2.75, 3.05) is 13.7 Å². The minimum absolute atomic E-state index is 0.0412. The summed E-state index contributed by atoms with van der Waals surface area (Å²) in [6.45, 7) is 0.658. The average molecular weight is 447 g/mol. The number of hydrogen-bond acceptors (Lipinski definition) is 8. The van der Waals surface area contributed by atoms with Gasteiger partial charge in [-0.15, -0.1) is 0 Å². The molecule has 0 aromatic heterocycles. The molecule has 0 unspecified atom stereocenters. The van der Waals surface area contributed by atoms with Gasteiger partial charge in [-0.25, -0.2) is 4.79 Å². The molecule has 5 N–H and O–H groups in total. The number of ether oxygens (including phenoxy) is 3. The smallest absolute Gasteiger partial charge is 0.335 e. The summed E-state index contributed by atoms with van der Waals surface area (Å²) < 4.78 is 17.0. The predicted octanol–water partition coefficient (Wildman–Crippen LogP) is 0.383. The van der Waals surface area contributed by atoms with Crippen molar-refractivity contribution in [3.05, 3.63) is 48.0 Å². The van der Waals surface area contributed by atoms with Gasteiger partial charge >= 0.3 is 5.97 Å². The fourth-order valence-electron chi connectivity index (χ4n) is 3.54. The second kappa shape index (κ2) is 9.96. The van der Waals surface area contributed by atoms with Crippen LogP contribution in [0.15, 0.2) is 42.5 Å². The zero-order valence-electron chi connectivity index (χ0n) is 17.5. The van der Waals surface area contributed by atoms with Crippen LogP contribution in [0, 0.1) is 0 Å². The first-order chi connectivity index (χ1) is 15.3. The summed E-state index contributed by atoms with van der Waals surface area (Å²) in [6.07, 6.45) is -5.31. The monoisotopic (exact) mass is 447 g/mol. The predicted molar refractivity (Wildman–Crippen MR) is 111 cm³/mol. The Morgan fingerprint density at radius 2 is 1.78 bits per heavy atom. The molecule has 0 bridgehead atoms. The molecule has 10 nitrogen and oxygen atoms in total. The number of methoxy groups -OCH3 is 1. The first-order valence-electron chi connectivity index (χ1n) is 9.83. The number of carboxylic acid groups (broad SMARTS) is 1. The van der Waals surface area contributed by atoms with E-state index in [2.05, 4.69) is 5.32 Å². The molecule has 2 aromatic carbocycles. The molecule has 2 aromatic rings. The van der Waals surface area contributed by atoms with Crippen LogP contribution in [0.2, 0.25) is 0 Å². The Balaban J connectivity index is 2.02. The maximum atomic E-state index is 11.7. The second-order valence-corrected chi connectivity index (χ2v) is 7.27. The molecule has 5 atom stereocenters. The van der Waals surface area contributed by atoms with Gasteiger partial charge in [0.1, 0.15) is 35.9 Å². The molecule has 1 saturated heterocycles. The molecular weight excluding hydrogens is 422 g/mol. The second-order valence-electron chi connectivity index (χ2n) is 7.27. The van der Waals surface area contributed by atoms with Crippen LogP contribution in [0.4, 0.5) is 0 Å². The van der Waals surface area contributed by atoms with E-state index >= 15 is 0 Å². The molecule has 32 heavy (non-hydrogen) atoms. The van der Waals surface area contributed by atoms with Crippen LogP contribution < -0.4 is 14.8 Å². The topological polar surface area (TPSA) is 155 Å². The van der Waals surface area contributed by atoms with Crippen LogP contribution >= 0.6 is 0 Å². The third-order valence-corrected chi connectivity index (χ3v) is 5.12. The van der Waals surface area contributed by atoms with Gasteiger partial charge in [-0.05, 0) is 24.3 Å². The van der Waals surface area contributed by atoms with E-state index in [1.807, 2.05) is 0 Å². The molecule has 1 amide bonds. The molecule has 0 radical (unpaired) electrons. The van der Waals surface area contributed by atoms with E-state index in [0.717, 1.165) is 0 Å². The number of carboxylic acids is 1. The number of nitrogens with one attached hydrogen (secondary N) is 1. The standard InChI is InChI=1S/C22H25NO9/c1-11(25)23-18-20(27)19(26)17(10-24)32-22(18)31-16-6-4-3-5-13(16)14-9-12(21(28)29)7-8-15(14)30-2/h3-9,17-20,22,24,26-27H,10H2,1-2H3,(H,23,25)(H,28,29)/t17-,18-,19+,20-,22-/m1/s1. The lowest BCUT2D eigenvalue weighted by atomic mass is 9.96. The largest absolute Gasteiger partial charge is 0.496 e. The molecule has 172 valence electrons. The van der Waals surface area contributed by atoms with Gasteiger partial charge in [-0.2, -0.15) is 0 Å². The average Bonchev–Trinajstić information content (AvgIpc) is 2.78. The van der Waals surface area contributed by atoms with Crippen LogP contribution in [0.25, 0.3) is 11.1 Å². The first kappa shape index (κ1) is 23.5. The minimum atomic E-state index is -1.47. The molecule has 0 spiro atoms. The molecule has 1 aliphatic heterocycles. The summed E-state index contributed by atoms with van der Waals surface area (Å²) in [6, 6.07) is 9.92. The molecule has 3 rings (SSSR count). The van der Waals surface area contributed by atoms with Gasteiger partial charge in [-0.1, -0.05) is 18.2 Å². The first-order valence-corrected chi connectivity index (χ1v) is 9.83. The SMILES string of the molecule is COc1ccc(C(=O)O)cc1-c1ccccc1O[C@@H]1O[C@H](CO)[C@H](O)[C@H](O)[C@H]1NC(C)=O. The third kappa shape index (κ3) is 4.83. The number of benzene rings is 2. The molecule has 0 aliphatic carbocycles. The van der Waals surface area contributed by atoms with Gasteiger partial charge in [-0.3, -0.25) is 4.79 Å². The van der Waals surface area contributed by atoms with Crippen molar-refractivity contribution in [3.8, 4) is 22.6 Å². The molecular formula is C22H25NO9. The van der Waals surface area contributed by atoms with Gasteiger partial charge in [0.05, 0.1) is 19.3 Å². The lowest BCUT2D eigenvalue weighted by Crippen LogP contribution is -2.65. The highest BCUT2D eigenvalue weighted by Crippen LogP contribution is 2.38. The number of para-hydroxylation sites is 1. The Morgan fingerprint density at radius 1 is 1.06 bits per heavy atom. The van der Waals surface area contributed by atoms with Crippen LogP contribution in [-0.2, 0) is 9.53 Å². The molecule has 1 fully saturated rings. The van der Waals surface area contributed by atoms with Gasteiger partial charge < -0.3 is 40.0 Å². The highest BCUT2D eigenvalue weighted by Gasteiger charge is 2.46. The van der Waals surface area contributed by atoms with E-state index in [9.17, 15) is 30.0 Å². The zero-order valence-corrected chi connectivity index (χ0v) is 17.5. The van der Waals surface area contributed by atoms with E-state index in [1.54, 1.807) is 24.3 Å². The van der Waals surface area contributed by atoms with Crippen LogP contribution in [0.1, 0.15) is 17.3 Å². The number of aliphatic hydroxyl groups excluding tert-OH is 3. The summed E-state index contributed by atoms with van der Waals surface area (Å²) in [5.41, 5.74) is 0.951. The number of carbonyl (C=O) groups is 2. The number of rotatable bonds is 7. The normalized spacial score (nSPS) is 25.1. The van der Waals surface area contributed by atoms with Crippen molar-refractivity contribution in [2.45, 2.75) is 37.6 Å². The zero-order chi connectivity index (χ0) is 23.4. The Labute approximate surface area is 184 Å². The molecule has 0 saturated carbocycles. The molecule has 1 aliphatic rings. The van der Waals surface area contributed by atoms with Crippen LogP contribution in [0.3, 0.4) is 0 Å². The van der Waals surface area contributed by atoms with E-state index in [1.165, 1.54) is 32.2 Å². The lowest BCUT2D eigenvalue weighted by molar-refractivity contribution is -0.244. The summed E-state index contributed by atoms with van der Waals surface area (Å²) in [4.78, 5) is 23.1. The Kier molecular flexibility index (Phi) is 7.31. The summed E-state index contributed by atoms with van der Waals surface area (Å²) >= 11 is 0. The van der Waals surface area contributed by atoms with Crippen molar-refractivity contribution < 1.29 is 44.2 Å². The maximum Gasteiger partial charge on any atom is 0.335 e. The van der Waals surface area contributed by atoms with Crippen molar-refractivity contribution in [1.82, 2.24) is 5.32 Å². The number of amides is 1. The molecule has 1 heterocycles.